The fourth-order valence-electron chi connectivity index (χ4n) is 3.35. The molecule has 2 aliphatic rings. The summed E-state index contributed by atoms with van der Waals surface area (Å²) in [7, 11) is 0. The zero-order valence-electron chi connectivity index (χ0n) is 13.3. The van der Waals surface area contributed by atoms with Crippen LogP contribution in [0.3, 0.4) is 0 Å². The Morgan fingerprint density at radius 3 is 2.95 bits per heavy atom. The lowest BCUT2D eigenvalue weighted by atomic mass is 10.0. The van der Waals surface area contributed by atoms with Gasteiger partial charge in [0.25, 0.3) is 5.91 Å². The second kappa shape index (κ2) is 6.79. The van der Waals surface area contributed by atoms with E-state index >= 15 is 0 Å². The highest BCUT2D eigenvalue weighted by atomic mass is 16.3. The van der Waals surface area contributed by atoms with Crippen LogP contribution in [0.15, 0.2) is 0 Å². The third-order valence-electron chi connectivity index (χ3n) is 4.81. The molecule has 1 aliphatic carbocycles. The van der Waals surface area contributed by atoms with Crippen LogP contribution >= 0.6 is 0 Å². The van der Waals surface area contributed by atoms with Gasteiger partial charge in [-0.05, 0) is 39.2 Å². The summed E-state index contributed by atoms with van der Waals surface area (Å²) in [6.45, 7) is 4.54. The fourth-order valence-corrected chi connectivity index (χ4v) is 3.35. The Kier molecular flexibility index (Phi) is 4.78. The number of aromatic amines is 1. The molecule has 1 aromatic rings. The molecule has 6 nitrogen and oxygen atoms in total. The van der Waals surface area contributed by atoms with Crippen molar-refractivity contribution >= 4 is 5.91 Å². The summed E-state index contributed by atoms with van der Waals surface area (Å²) in [6.07, 6.45) is 5.69. The minimum absolute atomic E-state index is 0.0225. The number of carbonyl (C=O) groups is 1. The number of hydrogen-bond donors (Lipinski definition) is 3. The molecule has 1 aromatic heterocycles. The summed E-state index contributed by atoms with van der Waals surface area (Å²) in [5.74, 6) is 0.442. The average molecular weight is 306 g/mol. The lowest BCUT2D eigenvalue weighted by molar-refractivity contribution is 0.0848. The van der Waals surface area contributed by atoms with Gasteiger partial charge in [-0.25, -0.2) is 0 Å². The van der Waals surface area contributed by atoms with Gasteiger partial charge in [-0.2, -0.15) is 5.10 Å². The second-order valence-corrected chi connectivity index (χ2v) is 6.51. The smallest absolute Gasteiger partial charge is 0.255 e. The Morgan fingerprint density at radius 1 is 1.41 bits per heavy atom. The van der Waals surface area contributed by atoms with E-state index in [0.717, 1.165) is 49.3 Å². The van der Waals surface area contributed by atoms with Gasteiger partial charge in [0.1, 0.15) is 0 Å². The number of aromatic nitrogens is 2. The van der Waals surface area contributed by atoms with E-state index in [1.807, 2.05) is 6.92 Å². The molecule has 1 atom stereocenters. The average Bonchev–Trinajstić information content (AvgIpc) is 3.30. The molecular weight excluding hydrogens is 280 g/mol. The van der Waals surface area contributed by atoms with Gasteiger partial charge in [0.2, 0.25) is 0 Å². The van der Waals surface area contributed by atoms with E-state index in [2.05, 4.69) is 20.4 Å². The maximum atomic E-state index is 12.4. The van der Waals surface area contributed by atoms with Crippen molar-refractivity contribution in [3.05, 3.63) is 17.0 Å². The van der Waals surface area contributed by atoms with Crippen molar-refractivity contribution in [2.45, 2.75) is 51.0 Å². The fraction of sp³-hybridized carbons (Fsp3) is 0.750. The van der Waals surface area contributed by atoms with Gasteiger partial charge in [0, 0.05) is 30.7 Å². The third kappa shape index (κ3) is 3.33. The molecule has 0 radical (unpaired) electrons. The molecule has 0 aromatic carbocycles. The highest BCUT2D eigenvalue weighted by Gasteiger charge is 2.32. The largest absolute Gasteiger partial charge is 0.395 e. The van der Waals surface area contributed by atoms with Crippen molar-refractivity contribution < 1.29 is 9.90 Å². The number of aliphatic hydroxyl groups excluding tert-OH is 1. The lowest BCUT2D eigenvalue weighted by Crippen LogP contribution is -2.45. The van der Waals surface area contributed by atoms with Crippen molar-refractivity contribution in [1.29, 1.82) is 0 Å². The van der Waals surface area contributed by atoms with Gasteiger partial charge in [0.05, 0.1) is 17.9 Å². The Labute approximate surface area is 131 Å². The third-order valence-corrected chi connectivity index (χ3v) is 4.81. The zero-order valence-corrected chi connectivity index (χ0v) is 13.3. The molecule has 122 valence electrons. The zero-order chi connectivity index (χ0) is 15.5. The molecule has 1 saturated carbocycles. The molecule has 2 heterocycles. The summed E-state index contributed by atoms with van der Waals surface area (Å²) in [5.41, 5.74) is 2.52. The lowest BCUT2D eigenvalue weighted by Gasteiger charge is -2.34. The predicted molar refractivity (Wildman–Crippen MR) is 83.9 cm³/mol. The number of rotatable bonds is 6. The molecule has 0 bridgehead atoms. The highest BCUT2D eigenvalue weighted by molar-refractivity contribution is 5.96. The van der Waals surface area contributed by atoms with Crippen LogP contribution in [-0.2, 0) is 0 Å². The van der Waals surface area contributed by atoms with Gasteiger partial charge in [0.15, 0.2) is 0 Å². The number of aliphatic hydroxyl groups is 1. The molecular formula is C16H26N4O2. The van der Waals surface area contributed by atoms with E-state index in [1.54, 1.807) is 0 Å². The van der Waals surface area contributed by atoms with Crippen molar-refractivity contribution in [2.75, 3.05) is 26.2 Å². The van der Waals surface area contributed by atoms with Crippen molar-refractivity contribution in [2.24, 2.45) is 0 Å². The molecule has 3 rings (SSSR count). The van der Waals surface area contributed by atoms with Crippen LogP contribution < -0.4 is 5.32 Å². The minimum Gasteiger partial charge on any atom is -0.395 e. The number of aryl methyl sites for hydroxylation is 1. The molecule has 22 heavy (non-hydrogen) atoms. The van der Waals surface area contributed by atoms with E-state index in [-0.39, 0.29) is 18.6 Å². The molecule has 1 saturated heterocycles. The van der Waals surface area contributed by atoms with Gasteiger partial charge < -0.3 is 10.4 Å². The number of hydrogen-bond acceptors (Lipinski definition) is 4. The summed E-state index contributed by atoms with van der Waals surface area (Å²) in [5, 5.41) is 19.7. The molecule has 1 aliphatic heterocycles. The van der Waals surface area contributed by atoms with Gasteiger partial charge in [-0.15, -0.1) is 0 Å². The van der Waals surface area contributed by atoms with E-state index < -0.39 is 0 Å². The first-order valence-corrected chi connectivity index (χ1v) is 8.38. The number of nitrogens with zero attached hydrogens (tertiary/aromatic N) is 2. The standard InChI is InChI=1S/C16H26N4O2/c1-11-14(15(19-18-11)12-5-6-12)16(22)17-7-9-20-8-3-2-4-13(20)10-21/h12-13,21H,2-10H2,1H3,(H,17,22)(H,18,19)/t13-/m0/s1. The number of nitrogens with one attached hydrogen (secondary N) is 2. The quantitative estimate of drug-likeness (QED) is 0.737. The normalized spacial score (nSPS) is 22.7. The van der Waals surface area contributed by atoms with Crippen LogP contribution in [0.25, 0.3) is 0 Å². The summed E-state index contributed by atoms with van der Waals surface area (Å²) >= 11 is 0. The number of amides is 1. The van der Waals surface area contributed by atoms with Crippen LogP contribution in [0, 0.1) is 6.92 Å². The first kappa shape index (κ1) is 15.5. The first-order valence-electron chi connectivity index (χ1n) is 8.38. The van der Waals surface area contributed by atoms with Gasteiger partial charge >= 0.3 is 0 Å². The summed E-state index contributed by atoms with van der Waals surface area (Å²) < 4.78 is 0. The van der Waals surface area contributed by atoms with Gasteiger partial charge in [-0.1, -0.05) is 6.42 Å². The number of carbonyl (C=O) groups excluding carboxylic acids is 1. The Morgan fingerprint density at radius 2 is 2.23 bits per heavy atom. The SMILES string of the molecule is Cc1[nH]nc(C2CC2)c1C(=O)NCCN1CCCC[C@H]1CO. The van der Waals surface area contributed by atoms with E-state index in [1.165, 1.54) is 12.8 Å². The summed E-state index contributed by atoms with van der Waals surface area (Å²) in [4.78, 5) is 14.7. The number of likely N-dealkylation sites (tertiary alicyclic amines) is 1. The number of H-pyrrole nitrogens is 1. The van der Waals surface area contributed by atoms with E-state index in [4.69, 9.17) is 0 Å². The topological polar surface area (TPSA) is 81.2 Å². The Balaban J connectivity index is 1.53. The maximum absolute atomic E-state index is 12.4. The number of piperidine rings is 1. The van der Waals surface area contributed by atoms with Crippen LogP contribution in [0.4, 0.5) is 0 Å². The van der Waals surface area contributed by atoms with Crippen LogP contribution in [0.5, 0.6) is 0 Å². The molecule has 1 amide bonds. The monoisotopic (exact) mass is 306 g/mol. The molecule has 3 N–H and O–H groups in total. The van der Waals surface area contributed by atoms with Crippen molar-refractivity contribution in [3.8, 4) is 0 Å². The molecule has 6 heteroatoms. The maximum Gasteiger partial charge on any atom is 0.255 e. The van der Waals surface area contributed by atoms with Crippen molar-refractivity contribution in [1.82, 2.24) is 20.4 Å². The highest BCUT2D eigenvalue weighted by Crippen LogP contribution is 2.41. The molecule has 2 fully saturated rings. The van der Waals surface area contributed by atoms with Crippen molar-refractivity contribution in [3.63, 3.8) is 0 Å². The van der Waals surface area contributed by atoms with E-state index in [9.17, 15) is 9.90 Å². The Hall–Kier alpha value is -1.40. The van der Waals surface area contributed by atoms with Crippen LogP contribution in [0.1, 0.15) is 59.8 Å². The second-order valence-electron chi connectivity index (χ2n) is 6.51. The van der Waals surface area contributed by atoms with E-state index in [0.29, 0.717) is 12.5 Å². The first-order chi connectivity index (χ1) is 10.7. The Bertz CT molecular complexity index is 524. The van der Waals surface area contributed by atoms with Crippen LogP contribution in [0.2, 0.25) is 0 Å². The minimum atomic E-state index is -0.0225. The van der Waals surface area contributed by atoms with Crippen LogP contribution in [-0.4, -0.2) is 58.4 Å². The summed E-state index contributed by atoms with van der Waals surface area (Å²) in [6, 6.07) is 0.253. The molecule has 0 unspecified atom stereocenters. The van der Waals surface area contributed by atoms with Gasteiger partial charge in [-0.3, -0.25) is 14.8 Å². The predicted octanol–water partition coefficient (Wildman–Crippen LogP) is 1.17. The molecule has 0 spiro atoms.